The molecule has 0 aliphatic carbocycles. The van der Waals surface area contributed by atoms with Crippen molar-refractivity contribution in [1.82, 2.24) is 39.0 Å². The highest BCUT2D eigenvalue weighted by molar-refractivity contribution is 5.78. The Labute approximate surface area is 125 Å². The highest BCUT2D eigenvalue weighted by atomic mass is 16.2. The number of nitrogens with one attached hydrogen (secondary N) is 2. The first-order valence-electron chi connectivity index (χ1n) is 6.24. The van der Waals surface area contributed by atoms with Gasteiger partial charge in [-0.3, -0.25) is 9.13 Å². The molecule has 0 bridgehead atoms. The van der Waals surface area contributed by atoms with Gasteiger partial charge in [-0.25, -0.2) is 24.7 Å². The monoisotopic (exact) mass is 298 g/mol. The SMILES string of the molecule is O=C(n1ccnc1)n1ccnc1.c1c[nH]cn1.c1c[nH]cn1. The largest absolute Gasteiger partial charge is 0.351 e. The van der Waals surface area contributed by atoms with Crippen molar-refractivity contribution in [2.45, 2.75) is 0 Å². The second-order valence-electron chi connectivity index (χ2n) is 3.74. The first-order chi connectivity index (χ1) is 10.9. The lowest BCUT2D eigenvalue weighted by molar-refractivity contribution is 0.244. The third-order valence-electron chi connectivity index (χ3n) is 2.26. The van der Waals surface area contributed by atoms with Crippen LogP contribution in [0.3, 0.4) is 0 Å². The molecule has 0 aliphatic heterocycles. The van der Waals surface area contributed by atoms with Crippen LogP contribution in [-0.4, -0.2) is 45.1 Å². The van der Waals surface area contributed by atoms with Crippen LogP contribution in [0, 0.1) is 0 Å². The van der Waals surface area contributed by atoms with Crippen LogP contribution in [-0.2, 0) is 0 Å². The minimum Gasteiger partial charge on any atom is -0.351 e. The number of nitrogens with zero attached hydrogens (tertiary/aromatic N) is 6. The molecular formula is C13H14N8O. The van der Waals surface area contributed by atoms with Crippen molar-refractivity contribution in [3.05, 3.63) is 74.9 Å². The van der Waals surface area contributed by atoms with Crippen molar-refractivity contribution in [2.24, 2.45) is 0 Å². The Morgan fingerprint density at radius 3 is 1.45 bits per heavy atom. The van der Waals surface area contributed by atoms with Gasteiger partial charge in [0.15, 0.2) is 0 Å². The zero-order valence-electron chi connectivity index (χ0n) is 11.5. The zero-order chi connectivity index (χ0) is 15.5. The molecule has 9 nitrogen and oxygen atoms in total. The Morgan fingerprint density at radius 1 is 0.727 bits per heavy atom. The Balaban J connectivity index is 0.000000145. The average Bonchev–Trinajstić information content (AvgIpc) is 3.42. The summed E-state index contributed by atoms with van der Waals surface area (Å²) in [6, 6.07) is -0.190. The number of carbonyl (C=O) groups excluding carboxylic acids is 1. The first-order valence-corrected chi connectivity index (χ1v) is 6.24. The van der Waals surface area contributed by atoms with Gasteiger partial charge in [-0.2, -0.15) is 0 Å². The molecule has 0 radical (unpaired) electrons. The number of H-pyrrole nitrogens is 2. The second kappa shape index (κ2) is 8.64. The lowest BCUT2D eigenvalue weighted by Crippen LogP contribution is -2.15. The summed E-state index contributed by atoms with van der Waals surface area (Å²) >= 11 is 0. The topological polar surface area (TPSA) is 110 Å². The minimum absolute atomic E-state index is 0.190. The predicted octanol–water partition coefficient (Wildman–Crippen LogP) is 1.42. The summed E-state index contributed by atoms with van der Waals surface area (Å²) in [6.45, 7) is 0. The lowest BCUT2D eigenvalue weighted by Gasteiger charge is -1.98. The van der Waals surface area contributed by atoms with E-state index in [1.165, 1.54) is 21.8 Å². The predicted molar refractivity (Wildman–Crippen MR) is 77.8 cm³/mol. The number of rotatable bonds is 0. The molecule has 112 valence electrons. The molecule has 4 aromatic rings. The Morgan fingerprint density at radius 2 is 1.23 bits per heavy atom. The van der Waals surface area contributed by atoms with Crippen molar-refractivity contribution in [3.8, 4) is 0 Å². The van der Waals surface area contributed by atoms with Gasteiger partial charge in [-0.1, -0.05) is 0 Å². The fourth-order valence-electron chi connectivity index (χ4n) is 1.31. The molecule has 0 unspecified atom stereocenters. The van der Waals surface area contributed by atoms with E-state index in [4.69, 9.17) is 0 Å². The van der Waals surface area contributed by atoms with Crippen LogP contribution in [0.5, 0.6) is 0 Å². The van der Waals surface area contributed by atoms with E-state index in [2.05, 4.69) is 29.9 Å². The van der Waals surface area contributed by atoms with E-state index in [0.717, 1.165) is 0 Å². The molecule has 0 amide bonds. The molecule has 2 N–H and O–H groups in total. The van der Waals surface area contributed by atoms with Gasteiger partial charge in [0.05, 0.1) is 12.7 Å². The van der Waals surface area contributed by atoms with Crippen LogP contribution >= 0.6 is 0 Å². The Kier molecular flexibility index (Phi) is 5.85. The molecule has 0 aliphatic rings. The molecule has 0 aromatic carbocycles. The van der Waals surface area contributed by atoms with Gasteiger partial charge in [0.2, 0.25) is 0 Å². The van der Waals surface area contributed by atoms with Gasteiger partial charge < -0.3 is 9.97 Å². The van der Waals surface area contributed by atoms with Crippen molar-refractivity contribution < 1.29 is 4.79 Å². The Bertz CT molecular complexity index is 601. The van der Waals surface area contributed by atoms with Crippen molar-refractivity contribution in [2.75, 3.05) is 0 Å². The third-order valence-corrected chi connectivity index (χ3v) is 2.26. The quantitative estimate of drug-likeness (QED) is 0.510. The lowest BCUT2D eigenvalue weighted by atomic mass is 10.8. The van der Waals surface area contributed by atoms with E-state index in [1.807, 2.05) is 0 Å². The molecule has 4 aromatic heterocycles. The van der Waals surface area contributed by atoms with Crippen molar-refractivity contribution in [3.63, 3.8) is 0 Å². The van der Waals surface area contributed by atoms with Gasteiger partial charge in [-0.15, -0.1) is 0 Å². The highest BCUT2D eigenvalue weighted by Gasteiger charge is 2.03. The van der Waals surface area contributed by atoms with Crippen LogP contribution in [0.25, 0.3) is 0 Å². The zero-order valence-corrected chi connectivity index (χ0v) is 11.5. The number of hydrogen-bond acceptors (Lipinski definition) is 5. The number of carbonyl (C=O) groups is 1. The van der Waals surface area contributed by atoms with E-state index < -0.39 is 0 Å². The smallest absolute Gasteiger partial charge is 0.338 e. The maximum atomic E-state index is 11.4. The van der Waals surface area contributed by atoms with Gasteiger partial charge in [-0.05, 0) is 0 Å². The van der Waals surface area contributed by atoms with Gasteiger partial charge in [0.25, 0.3) is 0 Å². The average molecular weight is 298 g/mol. The molecular weight excluding hydrogens is 284 g/mol. The maximum absolute atomic E-state index is 11.4. The molecule has 9 heteroatoms. The normalized spacial score (nSPS) is 9.09. The van der Waals surface area contributed by atoms with Gasteiger partial charge in [0, 0.05) is 49.6 Å². The summed E-state index contributed by atoms with van der Waals surface area (Å²) in [5.41, 5.74) is 0. The summed E-state index contributed by atoms with van der Waals surface area (Å²) in [7, 11) is 0. The van der Waals surface area contributed by atoms with E-state index in [9.17, 15) is 4.79 Å². The van der Waals surface area contributed by atoms with Gasteiger partial charge >= 0.3 is 6.03 Å². The van der Waals surface area contributed by atoms with E-state index >= 15 is 0 Å². The number of aromatic amines is 2. The van der Waals surface area contributed by atoms with E-state index in [1.54, 1.807) is 62.2 Å². The highest BCUT2D eigenvalue weighted by Crippen LogP contribution is 1.92. The van der Waals surface area contributed by atoms with Crippen molar-refractivity contribution >= 4 is 6.03 Å². The van der Waals surface area contributed by atoms with Crippen LogP contribution in [0.1, 0.15) is 0 Å². The Hall–Kier alpha value is -3.49. The standard InChI is InChI=1S/C7H6N4O.2C3H4N2/c12-7(10-3-1-8-5-10)11-4-2-9-6-11;2*1-2-5-3-4-1/h1-6H;2*1-3H,(H,4,5). The summed E-state index contributed by atoms with van der Waals surface area (Å²) in [5, 5.41) is 0. The third kappa shape index (κ3) is 4.89. The van der Waals surface area contributed by atoms with Crippen LogP contribution in [0.2, 0.25) is 0 Å². The second-order valence-corrected chi connectivity index (χ2v) is 3.74. The van der Waals surface area contributed by atoms with Crippen LogP contribution < -0.4 is 0 Å². The minimum atomic E-state index is -0.190. The van der Waals surface area contributed by atoms with Gasteiger partial charge in [0.1, 0.15) is 12.7 Å². The summed E-state index contributed by atoms with van der Waals surface area (Å²) < 4.78 is 2.75. The summed E-state index contributed by atoms with van der Waals surface area (Å²) in [6.07, 6.45) is 19.3. The summed E-state index contributed by atoms with van der Waals surface area (Å²) in [4.78, 5) is 31.8. The van der Waals surface area contributed by atoms with Crippen LogP contribution in [0.4, 0.5) is 4.79 Å². The fraction of sp³-hybridized carbons (Fsp3) is 0. The van der Waals surface area contributed by atoms with Crippen molar-refractivity contribution in [1.29, 1.82) is 0 Å². The molecule has 22 heavy (non-hydrogen) atoms. The molecule has 4 heterocycles. The van der Waals surface area contributed by atoms with E-state index in [-0.39, 0.29) is 6.03 Å². The molecule has 4 rings (SSSR count). The first kappa shape index (κ1) is 14.9. The maximum Gasteiger partial charge on any atom is 0.338 e. The fourth-order valence-corrected chi connectivity index (χ4v) is 1.31. The number of aromatic nitrogens is 8. The number of imidazole rings is 4. The summed E-state index contributed by atoms with van der Waals surface area (Å²) in [5.74, 6) is 0. The number of hydrogen-bond donors (Lipinski definition) is 2. The van der Waals surface area contributed by atoms with E-state index in [0.29, 0.717) is 0 Å². The molecule has 0 fully saturated rings. The molecule has 0 saturated heterocycles. The van der Waals surface area contributed by atoms with Crippen LogP contribution in [0.15, 0.2) is 74.9 Å². The molecule has 0 spiro atoms. The molecule has 0 atom stereocenters. The molecule has 0 saturated carbocycles.